The third-order valence-electron chi connectivity index (χ3n) is 7.24. The third-order valence-corrected chi connectivity index (χ3v) is 8.13. The number of carbonyl (C=O) groups excluding carboxylic acids is 3. The lowest BCUT2D eigenvalue weighted by atomic mass is 9.93. The average Bonchev–Trinajstić information content (AvgIpc) is 3.70. The Kier molecular flexibility index (Phi) is 11.8. The summed E-state index contributed by atoms with van der Waals surface area (Å²) in [5.74, 6) is -3.06. The molecule has 0 bridgehead atoms. The van der Waals surface area contributed by atoms with Crippen LogP contribution < -0.4 is 16.4 Å². The summed E-state index contributed by atoms with van der Waals surface area (Å²) in [5, 5.41) is 11.3. The number of ether oxygens (including phenoxy) is 1. The first kappa shape index (κ1) is 34.5. The second kappa shape index (κ2) is 15.8. The van der Waals surface area contributed by atoms with Crippen LogP contribution in [0.5, 0.6) is 0 Å². The number of carbonyl (C=O) groups is 3. The van der Waals surface area contributed by atoms with E-state index in [4.69, 9.17) is 10.5 Å². The first-order valence-corrected chi connectivity index (χ1v) is 15.9. The van der Waals surface area contributed by atoms with Gasteiger partial charge in [0.25, 0.3) is 11.8 Å². The van der Waals surface area contributed by atoms with E-state index in [9.17, 15) is 23.2 Å². The van der Waals surface area contributed by atoms with Gasteiger partial charge in [0, 0.05) is 36.9 Å². The van der Waals surface area contributed by atoms with Crippen molar-refractivity contribution in [3.05, 3.63) is 58.8 Å². The van der Waals surface area contributed by atoms with E-state index in [0.29, 0.717) is 23.6 Å². The standard InChI is InChI=1S/C31H38F2N8O4S/c1-5-45-21-8-6-20(7-9-21)35-14-24(27(34)28-22(32)10-11-26(33)40-28)38-29(43)25-16-46-30(39-25)19-13-36-41(15-19)31(44)23(12-17(2)3)37-18(4)42/h10-11,13-17,20-21,23H,5-9,12,34H2,1-4H3,(H,37,42)(H,38,43)/b27-24+,35-14?/t20?,21?,23-/m0/s1. The van der Waals surface area contributed by atoms with E-state index in [1.165, 1.54) is 30.9 Å². The molecule has 3 heterocycles. The average molecular weight is 657 g/mol. The minimum atomic E-state index is -0.938. The molecule has 15 heteroatoms. The monoisotopic (exact) mass is 656 g/mol. The number of aliphatic imine (C=N–C) groups is 1. The molecule has 46 heavy (non-hydrogen) atoms. The molecular weight excluding hydrogens is 618 g/mol. The van der Waals surface area contributed by atoms with E-state index < -0.39 is 35.3 Å². The zero-order chi connectivity index (χ0) is 33.4. The van der Waals surface area contributed by atoms with Gasteiger partial charge in [-0.2, -0.15) is 9.49 Å². The lowest BCUT2D eigenvalue weighted by molar-refractivity contribution is -0.119. The molecule has 0 radical (unpaired) electrons. The fraction of sp³-hybridized carbons (Fsp3) is 0.452. The van der Waals surface area contributed by atoms with Crippen LogP contribution in [-0.4, -0.2) is 68.5 Å². The van der Waals surface area contributed by atoms with Gasteiger partial charge in [0.1, 0.15) is 22.4 Å². The van der Waals surface area contributed by atoms with Crippen molar-refractivity contribution in [2.75, 3.05) is 6.61 Å². The topological polar surface area (TPSA) is 166 Å². The maximum Gasteiger partial charge on any atom is 0.275 e. The van der Waals surface area contributed by atoms with Crippen LogP contribution in [0.25, 0.3) is 16.3 Å². The Labute approximate surface area is 269 Å². The van der Waals surface area contributed by atoms with Crippen LogP contribution in [0.1, 0.15) is 80.8 Å². The van der Waals surface area contributed by atoms with Gasteiger partial charge in [-0.15, -0.1) is 11.3 Å². The Morgan fingerprint density at radius 1 is 1.20 bits per heavy atom. The van der Waals surface area contributed by atoms with Gasteiger partial charge in [-0.05, 0) is 57.1 Å². The highest BCUT2D eigenvalue weighted by molar-refractivity contribution is 7.13. The summed E-state index contributed by atoms with van der Waals surface area (Å²) < 4.78 is 35.3. The van der Waals surface area contributed by atoms with E-state index in [1.54, 1.807) is 0 Å². The van der Waals surface area contributed by atoms with E-state index >= 15 is 0 Å². The summed E-state index contributed by atoms with van der Waals surface area (Å²) in [6, 6.07) is 0.941. The van der Waals surface area contributed by atoms with Crippen molar-refractivity contribution in [2.24, 2.45) is 16.6 Å². The van der Waals surface area contributed by atoms with E-state index in [-0.39, 0.29) is 41.1 Å². The number of rotatable bonds is 12. The minimum Gasteiger partial charge on any atom is -0.395 e. The molecule has 0 aromatic carbocycles. The molecule has 246 valence electrons. The van der Waals surface area contributed by atoms with Crippen LogP contribution >= 0.6 is 11.3 Å². The first-order valence-electron chi connectivity index (χ1n) is 15.0. The van der Waals surface area contributed by atoms with Crippen molar-refractivity contribution in [3.8, 4) is 10.6 Å². The summed E-state index contributed by atoms with van der Waals surface area (Å²) >= 11 is 1.14. The number of allylic oxidation sites excluding steroid dienone is 1. The maximum absolute atomic E-state index is 14.6. The van der Waals surface area contributed by atoms with Gasteiger partial charge >= 0.3 is 0 Å². The molecule has 4 N–H and O–H groups in total. The van der Waals surface area contributed by atoms with Gasteiger partial charge < -0.3 is 21.1 Å². The molecule has 3 aromatic heterocycles. The van der Waals surface area contributed by atoms with Crippen molar-refractivity contribution in [3.63, 3.8) is 0 Å². The van der Waals surface area contributed by atoms with E-state index in [1.807, 2.05) is 20.8 Å². The molecule has 1 aliphatic rings. The van der Waals surface area contributed by atoms with E-state index in [2.05, 4.69) is 30.7 Å². The lowest BCUT2D eigenvalue weighted by Gasteiger charge is -2.26. The fourth-order valence-corrected chi connectivity index (χ4v) is 5.80. The van der Waals surface area contributed by atoms with Gasteiger partial charge in [0.2, 0.25) is 11.9 Å². The molecule has 1 fully saturated rings. The maximum atomic E-state index is 14.6. The zero-order valence-electron chi connectivity index (χ0n) is 26.1. The smallest absolute Gasteiger partial charge is 0.275 e. The first-order chi connectivity index (χ1) is 21.9. The highest BCUT2D eigenvalue weighted by atomic mass is 32.1. The Morgan fingerprint density at radius 3 is 2.61 bits per heavy atom. The van der Waals surface area contributed by atoms with Crippen molar-refractivity contribution in [2.45, 2.75) is 78.0 Å². The molecule has 0 aliphatic heterocycles. The summed E-state index contributed by atoms with van der Waals surface area (Å²) in [5.41, 5.74) is 5.89. The van der Waals surface area contributed by atoms with Crippen LogP contribution in [0.4, 0.5) is 8.78 Å². The second-order valence-electron chi connectivity index (χ2n) is 11.3. The molecule has 4 rings (SSSR count). The van der Waals surface area contributed by atoms with Crippen molar-refractivity contribution in [1.82, 2.24) is 30.4 Å². The molecule has 1 aliphatic carbocycles. The Hall–Kier alpha value is -4.37. The molecule has 1 atom stereocenters. The normalized spacial score (nSPS) is 18.0. The van der Waals surface area contributed by atoms with Gasteiger partial charge in [0.15, 0.2) is 5.82 Å². The molecule has 0 saturated heterocycles. The van der Waals surface area contributed by atoms with Crippen molar-refractivity contribution >= 4 is 41.0 Å². The number of pyridine rings is 1. The largest absolute Gasteiger partial charge is 0.395 e. The predicted octanol–water partition coefficient (Wildman–Crippen LogP) is 4.35. The van der Waals surface area contributed by atoms with Crippen LogP contribution in [0, 0.1) is 17.7 Å². The van der Waals surface area contributed by atoms with Gasteiger partial charge in [-0.1, -0.05) is 13.8 Å². The molecule has 3 aromatic rings. The number of amides is 2. The molecule has 1 saturated carbocycles. The number of hydrogen-bond donors (Lipinski definition) is 3. The van der Waals surface area contributed by atoms with Crippen molar-refractivity contribution < 1.29 is 27.9 Å². The summed E-state index contributed by atoms with van der Waals surface area (Å²) in [4.78, 5) is 50.6. The Morgan fingerprint density at radius 2 is 1.93 bits per heavy atom. The SMILES string of the molecule is CCOC1CCC(N=C/C(NC(=O)c2csc(-c3cnn(C(=O)[C@H](CC(C)C)NC(C)=O)c3)n2)=C(\N)c2nc(F)ccc2F)CC1. The minimum absolute atomic E-state index is 0.0126. The number of hydrogen-bond acceptors (Lipinski definition) is 10. The van der Waals surface area contributed by atoms with Gasteiger partial charge in [-0.3, -0.25) is 19.4 Å². The van der Waals surface area contributed by atoms with E-state index in [0.717, 1.165) is 53.8 Å². The van der Waals surface area contributed by atoms with Gasteiger partial charge in [0.05, 0.1) is 29.7 Å². The number of halogens is 2. The quantitative estimate of drug-likeness (QED) is 0.191. The highest BCUT2D eigenvalue weighted by Crippen LogP contribution is 2.25. The number of aromatic nitrogens is 4. The van der Waals surface area contributed by atoms with Crippen molar-refractivity contribution in [1.29, 1.82) is 0 Å². The lowest BCUT2D eigenvalue weighted by Crippen LogP contribution is -2.43. The number of nitrogens with one attached hydrogen (secondary N) is 2. The number of nitrogens with zero attached hydrogens (tertiary/aromatic N) is 5. The third kappa shape index (κ3) is 9.10. The fourth-order valence-electron chi connectivity index (χ4n) is 5.03. The molecule has 0 spiro atoms. The van der Waals surface area contributed by atoms with Crippen LogP contribution in [0.15, 0.2) is 40.6 Å². The molecular formula is C31H38F2N8O4S. The number of nitrogens with two attached hydrogens (primary N) is 1. The Bertz CT molecular complexity index is 1610. The number of thiazole rings is 1. The van der Waals surface area contributed by atoms with Crippen LogP contribution in [0.2, 0.25) is 0 Å². The second-order valence-corrected chi connectivity index (χ2v) is 12.2. The zero-order valence-corrected chi connectivity index (χ0v) is 26.9. The Balaban J connectivity index is 1.54. The summed E-state index contributed by atoms with van der Waals surface area (Å²) in [7, 11) is 0. The molecule has 2 amide bonds. The highest BCUT2D eigenvalue weighted by Gasteiger charge is 2.25. The van der Waals surface area contributed by atoms with Crippen LogP contribution in [-0.2, 0) is 9.53 Å². The van der Waals surface area contributed by atoms with Gasteiger partial charge in [-0.25, -0.2) is 19.0 Å². The van der Waals surface area contributed by atoms with Crippen LogP contribution in [0.3, 0.4) is 0 Å². The molecule has 0 unspecified atom stereocenters. The molecule has 12 nitrogen and oxygen atoms in total. The summed E-state index contributed by atoms with van der Waals surface area (Å²) in [6.45, 7) is 7.81. The predicted molar refractivity (Wildman–Crippen MR) is 170 cm³/mol. The summed E-state index contributed by atoms with van der Waals surface area (Å²) in [6.07, 6.45) is 8.02.